The largest absolute Gasteiger partial charge is 0.486 e. The average Bonchev–Trinajstić information content (AvgIpc) is 3.04. The molecule has 7 nitrogen and oxygen atoms in total. The number of amides is 1. The van der Waals surface area contributed by atoms with E-state index in [9.17, 15) is 9.18 Å². The van der Waals surface area contributed by atoms with Gasteiger partial charge in [0, 0.05) is 11.8 Å². The van der Waals surface area contributed by atoms with Crippen molar-refractivity contribution in [1.82, 2.24) is 14.8 Å². The van der Waals surface area contributed by atoms with Crippen molar-refractivity contribution in [3.63, 3.8) is 0 Å². The normalized spacial score (nSPS) is 12.7. The van der Waals surface area contributed by atoms with Crippen molar-refractivity contribution < 1.29 is 18.7 Å². The molecule has 3 aromatic rings. The lowest BCUT2D eigenvalue weighted by Gasteiger charge is -2.18. The summed E-state index contributed by atoms with van der Waals surface area (Å²) in [5.41, 5.74) is 1.17. The summed E-state index contributed by atoms with van der Waals surface area (Å²) in [7, 11) is 0. The Morgan fingerprint density at radius 3 is 2.62 bits per heavy atom. The molecule has 2 heterocycles. The molecule has 0 unspecified atom stereocenters. The van der Waals surface area contributed by atoms with E-state index in [4.69, 9.17) is 9.47 Å². The molecule has 1 N–H and O–H groups in total. The fourth-order valence-corrected chi connectivity index (χ4v) is 2.62. The highest BCUT2D eigenvalue weighted by Crippen LogP contribution is 2.32. The topological polar surface area (TPSA) is 78.3 Å². The maximum Gasteiger partial charge on any atom is 0.295 e. The van der Waals surface area contributed by atoms with Crippen LogP contribution in [0.2, 0.25) is 0 Å². The lowest BCUT2D eigenvalue weighted by atomic mass is 10.2. The van der Waals surface area contributed by atoms with E-state index >= 15 is 0 Å². The minimum absolute atomic E-state index is 0.0155. The van der Waals surface area contributed by atoms with E-state index in [0.29, 0.717) is 41.9 Å². The Balaban J connectivity index is 1.55. The maximum absolute atomic E-state index is 13.1. The van der Waals surface area contributed by atoms with Gasteiger partial charge in [-0.25, -0.2) is 14.1 Å². The molecule has 26 heavy (non-hydrogen) atoms. The highest BCUT2D eigenvalue weighted by atomic mass is 19.1. The van der Waals surface area contributed by atoms with Crippen molar-refractivity contribution >= 4 is 11.6 Å². The number of carbonyl (C=O) groups is 1. The van der Waals surface area contributed by atoms with Crippen LogP contribution in [0.25, 0.3) is 5.69 Å². The summed E-state index contributed by atoms with van der Waals surface area (Å²) in [5, 5.41) is 6.95. The van der Waals surface area contributed by atoms with Crippen molar-refractivity contribution in [2.24, 2.45) is 0 Å². The van der Waals surface area contributed by atoms with Crippen LogP contribution in [0.15, 0.2) is 42.5 Å². The van der Waals surface area contributed by atoms with E-state index in [2.05, 4.69) is 15.4 Å². The molecule has 8 heteroatoms. The second-order valence-electron chi connectivity index (χ2n) is 5.68. The van der Waals surface area contributed by atoms with Gasteiger partial charge in [-0.1, -0.05) is 0 Å². The summed E-state index contributed by atoms with van der Waals surface area (Å²) >= 11 is 0. The third kappa shape index (κ3) is 3.08. The number of benzene rings is 2. The lowest BCUT2D eigenvalue weighted by molar-refractivity contribution is 0.101. The van der Waals surface area contributed by atoms with E-state index in [0.717, 1.165) is 0 Å². The molecular weight excluding hydrogens is 339 g/mol. The van der Waals surface area contributed by atoms with Gasteiger partial charge < -0.3 is 14.8 Å². The molecule has 0 aliphatic carbocycles. The number of ether oxygens (including phenoxy) is 2. The Morgan fingerprint density at radius 2 is 1.85 bits per heavy atom. The molecule has 1 aliphatic rings. The molecule has 132 valence electrons. The first-order chi connectivity index (χ1) is 12.6. The Labute approximate surface area is 148 Å². The quantitative estimate of drug-likeness (QED) is 0.782. The highest BCUT2D eigenvalue weighted by Gasteiger charge is 2.17. The number of halogens is 1. The first-order valence-corrected chi connectivity index (χ1v) is 8.01. The third-order valence-electron chi connectivity index (χ3n) is 3.84. The summed E-state index contributed by atoms with van der Waals surface area (Å²) in [6.45, 7) is 2.69. The van der Waals surface area contributed by atoms with Gasteiger partial charge in [-0.2, -0.15) is 0 Å². The van der Waals surface area contributed by atoms with Crippen LogP contribution in [0.5, 0.6) is 11.5 Å². The molecule has 1 amide bonds. The number of nitrogens with zero attached hydrogens (tertiary/aromatic N) is 3. The van der Waals surface area contributed by atoms with Crippen LogP contribution in [0, 0.1) is 12.7 Å². The van der Waals surface area contributed by atoms with Crippen molar-refractivity contribution in [2.45, 2.75) is 6.92 Å². The van der Waals surface area contributed by atoms with Gasteiger partial charge >= 0.3 is 0 Å². The molecule has 0 saturated carbocycles. The molecule has 1 aromatic heterocycles. The zero-order chi connectivity index (χ0) is 18.1. The van der Waals surface area contributed by atoms with Gasteiger partial charge in [0.2, 0.25) is 5.82 Å². The predicted octanol–water partition coefficient (Wildman–Crippen LogP) is 2.74. The highest BCUT2D eigenvalue weighted by molar-refractivity contribution is 6.01. The Bertz CT molecular complexity index is 969. The fourth-order valence-electron chi connectivity index (χ4n) is 2.62. The molecule has 4 rings (SSSR count). The molecule has 0 spiro atoms. The maximum atomic E-state index is 13.1. The van der Waals surface area contributed by atoms with Gasteiger partial charge in [0.1, 0.15) is 24.9 Å². The number of hydrogen-bond acceptors (Lipinski definition) is 5. The van der Waals surface area contributed by atoms with E-state index in [1.165, 1.54) is 16.8 Å². The number of anilines is 1. The van der Waals surface area contributed by atoms with Gasteiger partial charge in [0.05, 0.1) is 5.69 Å². The van der Waals surface area contributed by atoms with Crippen molar-refractivity contribution in [1.29, 1.82) is 0 Å². The zero-order valence-electron chi connectivity index (χ0n) is 13.9. The van der Waals surface area contributed by atoms with Crippen LogP contribution in [-0.2, 0) is 0 Å². The number of carbonyl (C=O) groups excluding carboxylic acids is 1. The number of aryl methyl sites for hydroxylation is 1. The summed E-state index contributed by atoms with van der Waals surface area (Å²) in [6.07, 6.45) is 0. The number of hydrogen-bond donors (Lipinski definition) is 1. The van der Waals surface area contributed by atoms with E-state index in [1.54, 1.807) is 37.3 Å². The second kappa shape index (κ2) is 6.47. The first kappa shape index (κ1) is 16.1. The fraction of sp³-hybridized carbons (Fsp3) is 0.167. The van der Waals surface area contributed by atoms with Gasteiger partial charge in [-0.15, -0.1) is 5.10 Å². The number of aromatic nitrogens is 3. The molecule has 0 fully saturated rings. The summed E-state index contributed by atoms with van der Waals surface area (Å²) < 4.78 is 25.5. The van der Waals surface area contributed by atoms with E-state index in [-0.39, 0.29) is 11.6 Å². The van der Waals surface area contributed by atoms with Crippen LogP contribution in [0.3, 0.4) is 0 Å². The predicted molar refractivity (Wildman–Crippen MR) is 91.4 cm³/mol. The molecule has 0 radical (unpaired) electrons. The third-order valence-corrected chi connectivity index (χ3v) is 3.84. The van der Waals surface area contributed by atoms with E-state index in [1.807, 2.05) is 0 Å². The Hall–Kier alpha value is -3.42. The average molecular weight is 354 g/mol. The number of rotatable bonds is 3. The van der Waals surface area contributed by atoms with Gasteiger partial charge in [0.15, 0.2) is 11.5 Å². The lowest BCUT2D eigenvalue weighted by Crippen LogP contribution is -2.17. The smallest absolute Gasteiger partial charge is 0.295 e. The Kier molecular flexibility index (Phi) is 4.00. The van der Waals surface area contributed by atoms with Gasteiger partial charge in [0.25, 0.3) is 5.91 Å². The van der Waals surface area contributed by atoms with Crippen LogP contribution in [0.4, 0.5) is 10.1 Å². The summed E-state index contributed by atoms with van der Waals surface area (Å²) in [6, 6.07) is 10.9. The molecule has 2 aromatic carbocycles. The van der Waals surface area contributed by atoms with Gasteiger partial charge in [-0.3, -0.25) is 4.79 Å². The van der Waals surface area contributed by atoms with Gasteiger partial charge in [-0.05, 0) is 43.3 Å². The first-order valence-electron chi connectivity index (χ1n) is 8.01. The monoisotopic (exact) mass is 354 g/mol. The van der Waals surface area contributed by atoms with Crippen LogP contribution >= 0.6 is 0 Å². The molecule has 0 bridgehead atoms. The van der Waals surface area contributed by atoms with Crippen LogP contribution in [-0.4, -0.2) is 33.9 Å². The minimum Gasteiger partial charge on any atom is -0.486 e. The summed E-state index contributed by atoms with van der Waals surface area (Å²) in [4.78, 5) is 16.6. The van der Waals surface area contributed by atoms with Crippen LogP contribution < -0.4 is 14.8 Å². The van der Waals surface area contributed by atoms with Crippen molar-refractivity contribution in [2.75, 3.05) is 18.5 Å². The zero-order valence-corrected chi connectivity index (χ0v) is 13.9. The second-order valence-corrected chi connectivity index (χ2v) is 5.68. The SMILES string of the molecule is Cc1nc(C(=O)Nc2ccc3c(c2)OCCO3)nn1-c1ccc(F)cc1. The van der Waals surface area contributed by atoms with E-state index < -0.39 is 5.91 Å². The number of fused-ring (bicyclic) bond motifs is 1. The molecule has 0 atom stereocenters. The summed E-state index contributed by atoms with van der Waals surface area (Å²) in [5.74, 6) is 0.957. The number of nitrogens with one attached hydrogen (secondary N) is 1. The molecular formula is C18H15FN4O3. The van der Waals surface area contributed by atoms with Crippen molar-refractivity contribution in [3.8, 4) is 17.2 Å². The minimum atomic E-state index is -0.453. The van der Waals surface area contributed by atoms with Crippen LogP contribution in [0.1, 0.15) is 16.4 Å². The van der Waals surface area contributed by atoms with Crippen molar-refractivity contribution in [3.05, 3.63) is 59.9 Å². The standard InChI is InChI=1S/C18H15FN4O3/c1-11-20-17(22-23(11)14-5-2-12(19)3-6-14)18(24)21-13-4-7-15-16(10-13)26-9-8-25-15/h2-7,10H,8-9H2,1H3,(H,21,24). The molecule has 1 aliphatic heterocycles. The molecule has 0 saturated heterocycles. The Morgan fingerprint density at radius 1 is 1.12 bits per heavy atom.